The first-order valence-electron chi connectivity index (χ1n) is 15.0. The Morgan fingerprint density at radius 1 is 0.900 bits per heavy atom. The molecule has 0 spiro atoms. The second-order valence-electron chi connectivity index (χ2n) is 12.9. The molecule has 6 nitrogen and oxygen atoms in total. The van der Waals surface area contributed by atoms with E-state index < -0.39 is 8.32 Å². The summed E-state index contributed by atoms with van der Waals surface area (Å²) in [5.41, 5.74) is 2.31. The molecule has 1 unspecified atom stereocenters. The van der Waals surface area contributed by atoms with Gasteiger partial charge in [0.1, 0.15) is 0 Å². The summed E-state index contributed by atoms with van der Waals surface area (Å²) in [6.07, 6.45) is 6.15. The van der Waals surface area contributed by atoms with Crippen LogP contribution in [-0.4, -0.2) is 65.4 Å². The Morgan fingerprint density at radius 3 is 2.33 bits per heavy atom. The second kappa shape index (κ2) is 13.8. The molecule has 1 heterocycles. The van der Waals surface area contributed by atoms with Gasteiger partial charge in [-0.15, -0.1) is 0 Å². The zero-order chi connectivity index (χ0) is 28.8. The molecule has 1 aliphatic heterocycles. The summed E-state index contributed by atoms with van der Waals surface area (Å²) in [5, 5.41) is 0.0967. The molecule has 0 amide bonds. The van der Waals surface area contributed by atoms with Crippen LogP contribution in [0.25, 0.3) is 0 Å². The molecule has 2 aliphatic rings. The number of ether oxygens (including phenoxy) is 4. The van der Waals surface area contributed by atoms with Crippen molar-refractivity contribution in [3.05, 3.63) is 59.7 Å². The van der Waals surface area contributed by atoms with E-state index in [9.17, 15) is 0 Å². The summed E-state index contributed by atoms with van der Waals surface area (Å²) in [6.45, 7) is 14.7. The van der Waals surface area contributed by atoms with Gasteiger partial charge in [0.05, 0.1) is 45.7 Å². The lowest BCUT2D eigenvalue weighted by molar-refractivity contribution is -0.0627. The molecule has 1 saturated carbocycles. The minimum absolute atomic E-state index is 0.0967. The minimum atomic E-state index is -2.05. The van der Waals surface area contributed by atoms with Crippen molar-refractivity contribution in [2.24, 2.45) is 0 Å². The van der Waals surface area contributed by atoms with E-state index in [0.29, 0.717) is 19.3 Å². The molecule has 4 atom stereocenters. The lowest BCUT2D eigenvalue weighted by atomic mass is 9.91. The summed E-state index contributed by atoms with van der Waals surface area (Å²) in [7, 11) is 1.30. The molecule has 2 aromatic carbocycles. The van der Waals surface area contributed by atoms with Crippen LogP contribution in [0.5, 0.6) is 11.5 Å². The third-order valence-electron chi connectivity index (χ3n) is 9.13. The third kappa shape index (κ3) is 7.88. The lowest BCUT2D eigenvalue weighted by Gasteiger charge is -2.41. The van der Waals surface area contributed by atoms with Crippen molar-refractivity contribution >= 4 is 8.32 Å². The molecule has 2 fully saturated rings. The van der Waals surface area contributed by atoms with Gasteiger partial charge in [0, 0.05) is 19.1 Å². The van der Waals surface area contributed by atoms with Crippen molar-refractivity contribution in [3.8, 4) is 11.5 Å². The van der Waals surface area contributed by atoms with Gasteiger partial charge in [-0.25, -0.2) is 0 Å². The van der Waals surface area contributed by atoms with Crippen molar-refractivity contribution in [1.29, 1.82) is 0 Å². The number of benzene rings is 2. The van der Waals surface area contributed by atoms with Gasteiger partial charge in [0.15, 0.2) is 19.8 Å². The molecule has 1 aliphatic carbocycles. The Labute approximate surface area is 243 Å². The maximum atomic E-state index is 6.99. The Balaban J connectivity index is 1.43. The van der Waals surface area contributed by atoms with Crippen LogP contribution < -0.4 is 9.47 Å². The average Bonchev–Trinajstić information content (AvgIpc) is 3.42. The quantitative estimate of drug-likeness (QED) is 0.249. The molecule has 7 heteroatoms. The highest BCUT2D eigenvalue weighted by atomic mass is 28.4. The smallest absolute Gasteiger partial charge is 0.193 e. The summed E-state index contributed by atoms with van der Waals surface area (Å²) < 4.78 is 31.2. The van der Waals surface area contributed by atoms with Crippen molar-refractivity contribution < 1.29 is 23.4 Å². The molecular formula is C33H51NO5Si. The van der Waals surface area contributed by atoms with Crippen molar-refractivity contribution in [2.45, 2.75) is 102 Å². The summed E-state index contributed by atoms with van der Waals surface area (Å²) >= 11 is 0. The normalized spacial score (nSPS) is 23.2. The van der Waals surface area contributed by atoms with Gasteiger partial charge in [0.2, 0.25) is 0 Å². The number of methoxy groups -OCH3 is 2. The van der Waals surface area contributed by atoms with E-state index in [0.717, 1.165) is 43.0 Å². The zero-order valence-corrected chi connectivity index (χ0v) is 26.8. The molecular weight excluding hydrogens is 518 g/mol. The highest BCUT2D eigenvalue weighted by Gasteiger charge is 2.41. The van der Waals surface area contributed by atoms with E-state index in [1.807, 2.05) is 12.1 Å². The van der Waals surface area contributed by atoms with E-state index in [1.54, 1.807) is 14.2 Å². The van der Waals surface area contributed by atoms with Crippen LogP contribution in [0.15, 0.2) is 48.5 Å². The predicted molar refractivity (Wildman–Crippen MR) is 164 cm³/mol. The highest BCUT2D eigenvalue weighted by Crippen LogP contribution is 2.41. The fourth-order valence-corrected chi connectivity index (χ4v) is 6.93. The van der Waals surface area contributed by atoms with Crippen LogP contribution in [0.2, 0.25) is 18.1 Å². The van der Waals surface area contributed by atoms with Gasteiger partial charge in [-0.3, -0.25) is 4.90 Å². The van der Waals surface area contributed by atoms with Gasteiger partial charge in [0.25, 0.3) is 0 Å². The first-order chi connectivity index (χ1) is 19.1. The van der Waals surface area contributed by atoms with Gasteiger partial charge in [-0.1, -0.05) is 70.0 Å². The van der Waals surface area contributed by atoms with Gasteiger partial charge in [-0.2, -0.15) is 0 Å². The number of nitrogens with zero attached hydrogens (tertiary/aromatic N) is 1. The van der Waals surface area contributed by atoms with Crippen LogP contribution in [0.3, 0.4) is 0 Å². The van der Waals surface area contributed by atoms with Crippen LogP contribution in [0.4, 0.5) is 0 Å². The highest BCUT2D eigenvalue weighted by molar-refractivity contribution is 6.74. The van der Waals surface area contributed by atoms with E-state index in [2.05, 4.69) is 75.2 Å². The van der Waals surface area contributed by atoms with Gasteiger partial charge in [-0.05, 0) is 60.7 Å². The number of hydrogen-bond donors (Lipinski definition) is 0. The Kier molecular flexibility index (Phi) is 10.7. The third-order valence-corrected chi connectivity index (χ3v) is 13.6. The number of rotatable bonds is 12. The maximum absolute atomic E-state index is 6.99. The Morgan fingerprint density at radius 2 is 1.62 bits per heavy atom. The van der Waals surface area contributed by atoms with Crippen molar-refractivity contribution in [2.75, 3.05) is 33.9 Å². The molecule has 4 rings (SSSR count). The zero-order valence-electron chi connectivity index (χ0n) is 25.8. The van der Waals surface area contributed by atoms with Crippen molar-refractivity contribution in [1.82, 2.24) is 4.90 Å². The van der Waals surface area contributed by atoms with Gasteiger partial charge >= 0.3 is 0 Å². The van der Waals surface area contributed by atoms with E-state index in [4.69, 9.17) is 23.4 Å². The minimum Gasteiger partial charge on any atom is -0.493 e. The lowest BCUT2D eigenvalue weighted by Crippen LogP contribution is -2.47. The van der Waals surface area contributed by atoms with Gasteiger partial charge < -0.3 is 23.4 Å². The second-order valence-corrected chi connectivity index (χ2v) is 17.7. The predicted octanol–water partition coefficient (Wildman–Crippen LogP) is 7.39. The average molecular weight is 570 g/mol. The molecule has 0 aromatic heterocycles. The van der Waals surface area contributed by atoms with Crippen molar-refractivity contribution in [3.63, 3.8) is 0 Å². The maximum Gasteiger partial charge on any atom is 0.193 e. The fraction of sp³-hybridized carbons (Fsp3) is 0.636. The number of hydrogen-bond acceptors (Lipinski definition) is 6. The van der Waals surface area contributed by atoms with E-state index >= 15 is 0 Å². The Hall–Kier alpha value is -1.90. The topological polar surface area (TPSA) is 49.4 Å². The Bertz CT molecular complexity index is 1060. The summed E-state index contributed by atoms with van der Waals surface area (Å²) in [6, 6.07) is 17.0. The molecule has 1 saturated heterocycles. The van der Waals surface area contributed by atoms with E-state index in [-0.39, 0.29) is 23.4 Å². The number of likely N-dealkylation sites (tertiary alicyclic amines) is 1. The van der Waals surface area contributed by atoms with Crippen LogP contribution in [-0.2, 0) is 20.5 Å². The molecule has 0 bridgehead atoms. The summed E-state index contributed by atoms with van der Waals surface area (Å²) in [5.74, 6) is 1.45. The monoisotopic (exact) mass is 569 g/mol. The molecule has 2 aromatic rings. The standard InChI is InChI=1S/C33H51NO5Si/c1-33(2,3)40(6,7)39-32(26-17-18-30(35-4)31(21-26)36-5)24-38-29-16-12-11-15-28(29)34-20-19-27(22-34)37-23-25-13-9-8-10-14-25/h8-10,13-14,17-18,21,27-29,32H,11-12,15-16,19-20,22-24H2,1-7H3/t27-,28-,29-,32?/m1/s1. The van der Waals surface area contributed by atoms with Crippen LogP contribution in [0, 0.1) is 0 Å². The van der Waals surface area contributed by atoms with E-state index in [1.165, 1.54) is 24.8 Å². The molecule has 222 valence electrons. The molecule has 40 heavy (non-hydrogen) atoms. The van der Waals surface area contributed by atoms with Crippen LogP contribution >= 0.6 is 0 Å². The molecule has 0 radical (unpaired) electrons. The SMILES string of the molecule is COc1ccc(C(CO[C@@H]2CCCC[C@H]2N2CC[C@@H](OCc3ccccc3)C2)O[Si](C)(C)C(C)(C)C)cc1OC. The largest absolute Gasteiger partial charge is 0.493 e. The first kappa shape index (κ1) is 31.0. The summed E-state index contributed by atoms with van der Waals surface area (Å²) in [4.78, 5) is 2.62. The first-order valence-corrected chi connectivity index (χ1v) is 17.9. The molecule has 0 N–H and O–H groups in total. The van der Waals surface area contributed by atoms with Crippen LogP contribution in [0.1, 0.15) is 70.1 Å². The fourth-order valence-electron chi connectivity index (χ4n) is 5.66.